The van der Waals surface area contributed by atoms with Crippen LogP contribution < -0.4 is 21.1 Å². The SMILES string of the molecule is C[C@@H]1CN(c2ccc(-c3noc([C@H](N)c4ccccc4)n3)cc2)CCN1c1nc(-c2ccncc2F)cc(=O)n1C. The summed E-state index contributed by atoms with van der Waals surface area (Å²) < 4.78 is 21.4. The zero-order valence-corrected chi connectivity index (χ0v) is 22.7. The van der Waals surface area contributed by atoms with Crippen molar-refractivity contribution in [3.63, 3.8) is 0 Å². The highest BCUT2D eigenvalue weighted by Crippen LogP contribution is 2.28. The van der Waals surface area contributed by atoms with Crippen molar-refractivity contribution in [3.05, 3.63) is 107 Å². The van der Waals surface area contributed by atoms with E-state index in [0.29, 0.717) is 43.0 Å². The maximum Gasteiger partial charge on any atom is 0.255 e. The topological polar surface area (TPSA) is 119 Å². The minimum Gasteiger partial charge on any atom is -0.368 e. The van der Waals surface area contributed by atoms with Gasteiger partial charge < -0.3 is 20.1 Å². The molecule has 6 rings (SSSR count). The standard InChI is InChI=1S/C30H29FN8O2/c1-19-18-38(14-15-39(19)30-34-25(16-26(40)37(30)2)23-12-13-33-17-24(23)31)22-10-8-21(9-11-22)28-35-29(41-36-28)27(32)20-6-4-3-5-7-20/h3-13,16-17,19,27H,14-15,18,32H2,1-2H3/t19-,27-/m1/s1. The first-order valence-corrected chi connectivity index (χ1v) is 13.3. The van der Waals surface area contributed by atoms with E-state index in [4.69, 9.17) is 10.3 Å². The molecule has 5 aromatic rings. The Labute approximate surface area is 235 Å². The van der Waals surface area contributed by atoms with Crippen molar-refractivity contribution in [2.45, 2.75) is 19.0 Å². The Kier molecular flexibility index (Phi) is 7.02. The van der Waals surface area contributed by atoms with Crippen molar-refractivity contribution in [1.29, 1.82) is 0 Å². The van der Waals surface area contributed by atoms with Gasteiger partial charge in [0, 0.05) is 61.8 Å². The van der Waals surface area contributed by atoms with Crippen molar-refractivity contribution < 1.29 is 8.91 Å². The quantitative estimate of drug-likeness (QED) is 0.335. The summed E-state index contributed by atoms with van der Waals surface area (Å²) in [6.45, 7) is 4.15. The van der Waals surface area contributed by atoms with E-state index in [2.05, 4.69) is 36.8 Å². The van der Waals surface area contributed by atoms with Gasteiger partial charge in [0.25, 0.3) is 5.56 Å². The fourth-order valence-electron chi connectivity index (χ4n) is 5.10. The number of piperazine rings is 1. The smallest absolute Gasteiger partial charge is 0.255 e. The first-order valence-electron chi connectivity index (χ1n) is 13.3. The van der Waals surface area contributed by atoms with Gasteiger partial charge in [0.05, 0.1) is 11.9 Å². The van der Waals surface area contributed by atoms with Gasteiger partial charge in [-0.15, -0.1) is 0 Å². The van der Waals surface area contributed by atoms with Crippen molar-refractivity contribution >= 4 is 11.6 Å². The predicted molar refractivity (Wildman–Crippen MR) is 154 cm³/mol. The van der Waals surface area contributed by atoms with E-state index in [1.807, 2.05) is 54.6 Å². The molecule has 10 nitrogen and oxygen atoms in total. The predicted octanol–water partition coefficient (Wildman–Crippen LogP) is 3.79. The lowest BCUT2D eigenvalue weighted by Gasteiger charge is -2.42. The first-order chi connectivity index (χ1) is 19.9. The molecule has 1 aliphatic rings. The average Bonchev–Trinajstić information content (AvgIpc) is 3.50. The molecule has 2 aromatic carbocycles. The van der Waals surface area contributed by atoms with Crippen LogP contribution in [-0.2, 0) is 7.05 Å². The average molecular weight is 553 g/mol. The number of rotatable bonds is 6. The molecule has 4 heterocycles. The van der Waals surface area contributed by atoms with E-state index >= 15 is 0 Å². The zero-order chi connectivity index (χ0) is 28.5. The summed E-state index contributed by atoms with van der Waals surface area (Å²) in [7, 11) is 1.69. The van der Waals surface area contributed by atoms with Crippen LogP contribution in [0.3, 0.4) is 0 Å². The normalized spacial score (nSPS) is 16.1. The number of aromatic nitrogens is 5. The van der Waals surface area contributed by atoms with Crippen LogP contribution in [0.2, 0.25) is 0 Å². The largest absolute Gasteiger partial charge is 0.368 e. The van der Waals surface area contributed by atoms with E-state index in [9.17, 15) is 9.18 Å². The summed E-state index contributed by atoms with van der Waals surface area (Å²) in [5.74, 6) is 0.831. The highest BCUT2D eigenvalue weighted by atomic mass is 19.1. The van der Waals surface area contributed by atoms with Gasteiger partial charge in [-0.25, -0.2) is 9.37 Å². The number of hydrogen-bond donors (Lipinski definition) is 1. The van der Waals surface area contributed by atoms with Crippen LogP contribution in [-0.4, -0.2) is 50.4 Å². The number of hydrogen-bond acceptors (Lipinski definition) is 9. The van der Waals surface area contributed by atoms with Crippen molar-refractivity contribution in [3.8, 4) is 22.6 Å². The molecule has 0 bridgehead atoms. The fourth-order valence-corrected chi connectivity index (χ4v) is 5.10. The molecule has 0 radical (unpaired) electrons. The molecule has 2 atom stereocenters. The molecule has 41 heavy (non-hydrogen) atoms. The van der Waals surface area contributed by atoms with E-state index in [1.165, 1.54) is 22.9 Å². The number of anilines is 2. The Morgan fingerprint density at radius 2 is 1.83 bits per heavy atom. The zero-order valence-electron chi connectivity index (χ0n) is 22.7. The lowest BCUT2D eigenvalue weighted by Crippen LogP contribution is -2.53. The molecule has 11 heteroatoms. The number of halogens is 1. The minimum atomic E-state index is -0.517. The van der Waals surface area contributed by atoms with Crippen molar-refractivity contribution in [2.24, 2.45) is 12.8 Å². The Hall–Kier alpha value is -4.90. The van der Waals surface area contributed by atoms with Gasteiger partial charge in [-0.3, -0.25) is 14.3 Å². The fraction of sp³-hybridized carbons (Fsp3) is 0.233. The molecular weight excluding hydrogens is 523 g/mol. The molecule has 0 spiro atoms. The second-order valence-electron chi connectivity index (χ2n) is 10.1. The van der Waals surface area contributed by atoms with Gasteiger partial charge in [-0.2, -0.15) is 4.98 Å². The van der Waals surface area contributed by atoms with Crippen molar-refractivity contribution in [1.82, 2.24) is 24.7 Å². The van der Waals surface area contributed by atoms with Gasteiger partial charge >= 0.3 is 0 Å². The summed E-state index contributed by atoms with van der Waals surface area (Å²) in [5.41, 5.74) is 9.39. The van der Waals surface area contributed by atoms with Crippen LogP contribution in [0.25, 0.3) is 22.6 Å². The van der Waals surface area contributed by atoms with Crippen molar-refractivity contribution in [2.75, 3.05) is 29.4 Å². The van der Waals surface area contributed by atoms with Crippen LogP contribution in [0, 0.1) is 5.82 Å². The van der Waals surface area contributed by atoms with Crippen LogP contribution in [0.1, 0.15) is 24.4 Å². The van der Waals surface area contributed by atoms with E-state index in [0.717, 1.165) is 23.0 Å². The summed E-state index contributed by atoms with van der Waals surface area (Å²) in [5, 5.41) is 4.13. The molecule has 2 N–H and O–H groups in total. The Balaban J connectivity index is 1.17. The van der Waals surface area contributed by atoms with Crippen LogP contribution in [0.15, 0.2) is 88.4 Å². The molecule has 1 saturated heterocycles. The molecule has 3 aromatic heterocycles. The second kappa shape index (κ2) is 10.9. The van der Waals surface area contributed by atoms with E-state index in [1.54, 1.807) is 7.05 Å². The van der Waals surface area contributed by atoms with Gasteiger partial charge in [-0.05, 0) is 42.8 Å². The third-order valence-electron chi connectivity index (χ3n) is 7.40. The number of benzene rings is 2. The third kappa shape index (κ3) is 5.19. The van der Waals surface area contributed by atoms with Crippen LogP contribution in [0.5, 0.6) is 0 Å². The minimum absolute atomic E-state index is 0.0401. The molecule has 1 aliphatic heterocycles. The second-order valence-corrected chi connectivity index (χ2v) is 10.1. The maximum absolute atomic E-state index is 14.4. The summed E-state index contributed by atoms with van der Waals surface area (Å²) in [6.07, 6.45) is 2.61. The molecule has 0 saturated carbocycles. The summed E-state index contributed by atoms with van der Waals surface area (Å²) >= 11 is 0. The molecular formula is C30H29FN8O2. The molecule has 0 aliphatic carbocycles. The lowest BCUT2D eigenvalue weighted by molar-refractivity contribution is 0.367. The molecule has 0 unspecified atom stereocenters. The highest BCUT2D eigenvalue weighted by Gasteiger charge is 2.28. The molecule has 1 fully saturated rings. The maximum atomic E-state index is 14.4. The lowest BCUT2D eigenvalue weighted by atomic mass is 10.1. The van der Waals surface area contributed by atoms with Crippen LogP contribution in [0.4, 0.5) is 16.0 Å². The Morgan fingerprint density at radius 1 is 1.05 bits per heavy atom. The third-order valence-corrected chi connectivity index (χ3v) is 7.40. The summed E-state index contributed by atoms with van der Waals surface area (Å²) in [4.78, 5) is 30.1. The molecule has 208 valence electrons. The number of nitrogens with two attached hydrogens (primary N) is 1. The summed E-state index contributed by atoms with van der Waals surface area (Å²) in [6, 6.07) is 20.1. The first kappa shape index (κ1) is 26.3. The van der Waals surface area contributed by atoms with Crippen LogP contribution >= 0.6 is 0 Å². The van der Waals surface area contributed by atoms with E-state index in [-0.39, 0.29) is 17.2 Å². The molecule has 0 amide bonds. The monoisotopic (exact) mass is 552 g/mol. The number of pyridine rings is 1. The Morgan fingerprint density at radius 3 is 2.56 bits per heavy atom. The van der Waals surface area contributed by atoms with Gasteiger partial charge in [0.1, 0.15) is 6.04 Å². The van der Waals surface area contributed by atoms with Gasteiger partial charge in [0.15, 0.2) is 5.82 Å². The van der Waals surface area contributed by atoms with E-state index < -0.39 is 11.9 Å². The number of nitrogens with zero attached hydrogens (tertiary/aromatic N) is 7. The van der Waals surface area contributed by atoms with Gasteiger partial charge in [-0.1, -0.05) is 35.5 Å². The highest BCUT2D eigenvalue weighted by molar-refractivity contribution is 5.62. The Bertz CT molecular complexity index is 1720. The van der Waals surface area contributed by atoms with Gasteiger partial charge in [0.2, 0.25) is 17.7 Å².